The minimum atomic E-state index is 0.136. The highest BCUT2D eigenvalue weighted by Gasteiger charge is 2.59. The van der Waals surface area contributed by atoms with Gasteiger partial charge >= 0.3 is 0 Å². The number of aliphatic imine (C=N–C) groups is 1. The molecule has 4 unspecified atom stereocenters. The summed E-state index contributed by atoms with van der Waals surface area (Å²) in [6, 6.07) is 8.89. The van der Waals surface area contributed by atoms with Crippen LogP contribution in [0.25, 0.3) is 0 Å². The van der Waals surface area contributed by atoms with Crippen molar-refractivity contribution >= 4 is 5.96 Å². The fourth-order valence-electron chi connectivity index (χ4n) is 4.34. The van der Waals surface area contributed by atoms with E-state index in [9.17, 15) is 0 Å². The van der Waals surface area contributed by atoms with Crippen molar-refractivity contribution in [2.75, 3.05) is 20.3 Å². The molecule has 1 heterocycles. The summed E-state index contributed by atoms with van der Waals surface area (Å²) in [6.07, 6.45) is 1.51. The summed E-state index contributed by atoms with van der Waals surface area (Å²) < 4.78 is 11.7. The first kappa shape index (κ1) is 20.0. The maximum atomic E-state index is 5.90. The first-order valence-corrected chi connectivity index (χ1v) is 10.2. The summed E-state index contributed by atoms with van der Waals surface area (Å²) in [4.78, 5) is 4.45. The number of benzene rings is 1. The molecule has 0 amide bonds. The highest BCUT2D eigenvalue weighted by atomic mass is 16.5. The molecule has 1 aromatic rings. The Bertz CT molecular complexity index is 654. The summed E-state index contributed by atoms with van der Waals surface area (Å²) in [5.74, 6) is 2.89. The van der Waals surface area contributed by atoms with E-state index in [0.717, 1.165) is 31.3 Å². The molecule has 3 rings (SSSR count). The summed E-state index contributed by atoms with van der Waals surface area (Å²) in [7, 11) is 1.83. The van der Waals surface area contributed by atoms with Crippen LogP contribution in [0, 0.1) is 17.3 Å². The number of hydrogen-bond acceptors (Lipinski definition) is 3. The molecule has 0 spiro atoms. The molecule has 0 bridgehead atoms. The maximum absolute atomic E-state index is 5.90. The second kappa shape index (κ2) is 8.09. The van der Waals surface area contributed by atoms with Gasteiger partial charge in [0.1, 0.15) is 5.75 Å². The van der Waals surface area contributed by atoms with Crippen molar-refractivity contribution in [3.05, 3.63) is 29.8 Å². The number of nitrogens with zero attached hydrogens (tertiary/aromatic N) is 1. The molecule has 1 aromatic carbocycles. The van der Waals surface area contributed by atoms with E-state index < -0.39 is 0 Å². The van der Waals surface area contributed by atoms with E-state index in [0.29, 0.717) is 24.0 Å². The van der Waals surface area contributed by atoms with Gasteiger partial charge in [0.25, 0.3) is 0 Å². The Morgan fingerprint density at radius 1 is 1.26 bits per heavy atom. The zero-order valence-corrected chi connectivity index (χ0v) is 17.6. The van der Waals surface area contributed by atoms with Crippen molar-refractivity contribution in [3.8, 4) is 5.75 Å². The van der Waals surface area contributed by atoms with Crippen LogP contribution in [-0.2, 0) is 4.74 Å². The Hall–Kier alpha value is -1.75. The molecule has 150 valence electrons. The number of hydrogen-bond donors (Lipinski definition) is 2. The van der Waals surface area contributed by atoms with Crippen LogP contribution in [0.15, 0.2) is 29.3 Å². The zero-order chi connectivity index (χ0) is 19.6. The second-order valence-corrected chi connectivity index (χ2v) is 8.90. The first-order chi connectivity index (χ1) is 12.8. The molecule has 1 saturated heterocycles. The van der Waals surface area contributed by atoms with E-state index in [1.807, 2.05) is 19.2 Å². The number of ether oxygens (including phenoxy) is 2. The van der Waals surface area contributed by atoms with Gasteiger partial charge in [0, 0.05) is 31.0 Å². The summed E-state index contributed by atoms with van der Waals surface area (Å²) in [5.41, 5.74) is 1.35. The number of rotatable bonds is 6. The third-order valence-corrected chi connectivity index (χ3v) is 5.93. The molecule has 27 heavy (non-hydrogen) atoms. The van der Waals surface area contributed by atoms with Crippen molar-refractivity contribution in [2.24, 2.45) is 22.2 Å². The van der Waals surface area contributed by atoms with Crippen LogP contribution in [0.1, 0.15) is 52.6 Å². The van der Waals surface area contributed by atoms with Crippen LogP contribution in [0.5, 0.6) is 5.75 Å². The van der Waals surface area contributed by atoms with Gasteiger partial charge in [-0.3, -0.25) is 4.99 Å². The highest BCUT2D eigenvalue weighted by molar-refractivity contribution is 5.80. The Kier molecular flexibility index (Phi) is 5.99. The van der Waals surface area contributed by atoms with E-state index in [-0.39, 0.29) is 11.5 Å². The molecule has 0 aromatic heterocycles. The minimum Gasteiger partial charge on any atom is -0.493 e. The topological polar surface area (TPSA) is 54.9 Å². The van der Waals surface area contributed by atoms with Crippen LogP contribution < -0.4 is 15.4 Å². The van der Waals surface area contributed by atoms with Gasteiger partial charge < -0.3 is 20.1 Å². The van der Waals surface area contributed by atoms with Gasteiger partial charge in [-0.25, -0.2) is 0 Å². The largest absolute Gasteiger partial charge is 0.493 e. The van der Waals surface area contributed by atoms with Gasteiger partial charge in [-0.1, -0.05) is 39.8 Å². The highest BCUT2D eigenvalue weighted by Crippen LogP contribution is 2.52. The molecular weight excluding hydrogens is 338 g/mol. The monoisotopic (exact) mass is 373 g/mol. The van der Waals surface area contributed by atoms with Crippen molar-refractivity contribution in [3.63, 3.8) is 0 Å². The van der Waals surface area contributed by atoms with Gasteiger partial charge in [-0.2, -0.15) is 0 Å². The van der Waals surface area contributed by atoms with Gasteiger partial charge in [-0.05, 0) is 37.0 Å². The average Bonchev–Trinajstić information content (AvgIpc) is 3.10. The summed E-state index contributed by atoms with van der Waals surface area (Å²) in [5, 5.41) is 7.17. The van der Waals surface area contributed by atoms with Crippen molar-refractivity contribution in [2.45, 2.75) is 59.2 Å². The van der Waals surface area contributed by atoms with Crippen molar-refractivity contribution < 1.29 is 9.47 Å². The second-order valence-electron chi connectivity index (χ2n) is 8.90. The molecule has 1 aliphatic heterocycles. The Morgan fingerprint density at radius 2 is 1.96 bits per heavy atom. The van der Waals surface area contributed by atoms with Crippen molar-refractivity contribution in [1.29, 1.82) is 0 Å². The number of guanidine groups is 1. The molecule has 2 fully saturated rings. The van der Waals surface area contributed by atoms with Gasteiger partial charge in [-0.15, -0.1) is 0 Å². The molecule has 2 N–H and O–H groups in total. The summed E-state index contributed by atoms with van der Waals surface area (Å²) in [6.45, 7) is 12.7. The first-order valence-electron chi connectivity index (χ1n) is 10.2. The van der Waals surface area contributed by atoms with Crippen molar-refractivity contribution in [1.82, 2.24) is 10.6 Å². The zero-order valence-electron chi connectivity index (χ0n) is 17.6. The molecule has 5 nitrogen and oxygen atoms in total. The standard InChI is InChI=1S/C22H35N3O2/c1-14(2)13-27-17-9-7-16(8-10-17)15(3)24-21(23-6)25-19-18-11-12-26-20(18)22(19,4)5/h7-10,14-15,18-20H,11-13H2,1-6H3,(H2,23,24,25). The predicted molar refractivity (Wildman–Crippen MR) is 110 cm³/mol. The SMILES string of the molecule is CN=C(NC(C)c1ccc(OCC(C)C)cc1)NC1C2CCOC2C1(C)C. The molecule has 0 radical (unpaired) electrons. The van der Waals surface area contributed by atoms with Crippen LogP contribution in [-0.4, -0.2) is 38.4 Å². The van der Waals surface area contributed by atoms with E-state index in [1.54, 1.807) is 0 Å². The van der Waals surface area contributed by atoms with E-state index in [2.05, 4.69) is 62.4 Å². The molecule has 5 heteroatoms. The smallest absolute Gasteiger partial charge is 0.191 e. The summed E-state index contributed by atoms with van der Waals surface area (Å²) >= 11 is 0. The number of nitrogens with one attached hydrogen (secondary N) is 2. The predicted octanol–water partition coefficient (Wildman–Crippen LogP) is 3.76. The Morgan fingerprint density at radius 3 is 2.59 bits per heavy atom. The normalized spacial score (nSPS) is 27.7. The van der Waals surface area contributed by atoms with Crippen LogP contribution in [0.4, 0.5) is 0 Å². The van der Waals surface area contributed by atoms with E-state index in [4.69, 9.17) is 9.47 Å². The third kappa shape index (κ3) is 4.23. The number of fused-ring (bicyclic) bond motifs is 1. The van der Waals surface area contributed by atoms with Gasteiger partial charge in [0.15, 0.2) is 5.96 Å². The lowest BCUT2D eigenvalue weighted by atomic mass is 9.57. The molecule has 4 atom stereocenters. The molecule has 1 aliphatic carbocycles. The molecular formula is C22H35N3O2. The minimum absolute atomic E-state index is 0.136. The Balaban J connectivity index is 1.56. The molecule has 1 saturated carbocycles. The maximum Gasteiger partial charge on any atom is 0.191 e. The third-order valence-electron chi connectivity index (χ3n) is 5.93. The van der Waals surface area contributed by atoms with E-state index >= 15 is 0 Å². The van der Waals surface area contributed by atoms with Gasteiger partial charge in [0.2, 0.25) is 0 Å². The fraction of sp³-hybridized carbons (Fsp3) is 0.682. The lowest BCUT2D eigenvalue weighted by Crippen LogP contribution is -2.68. The van der Waals surface area contributed by atoms with Crippen LogP contribution in [0.2, 0.25) is 0 Å². The quantitative estimate of drug-likeness (QED) is 0.589. The van der Waals surface area contributed by atoms with Crippen LogP contribution >= 0.6 is 0 Å². The lowest BCUT2D eigenvalue weighted by molar-refractivity contribution is -0.106. The average molecular weight is 374 g/mol. The molecule has 2 aliphatic rings. The lowest BCUT2D eigenvalue weighted by Gasteiger charge is -2.55. The van der Waals surface area contributed by atoms with E-state index in [1.165, 1.54) is 5.56 Å². The van der Waals surface area contributed by atoms with Gasteiger partial charge in [0.05, 0.1) is 18.8 Å². The Labute approximate surface area is 163 Å². The fourth-order valence-corrected chi connectivity index (χ4v) is 4.34. The van der Waals surface area contributed by atoms with Crippen LogP contribution in [0.3, 0.4) is 0 Å².